The molecule has 1 aliphatic rings. The maximum absolute atomic E-state index is 5.42. The smallest absolute Gasteiger partial charge is 0.0888 e. The second-order valence-corrected chi connectivity index (χ2v) is 4.26. The van der Waals surface area contributed by atoms with E-state index in [0.717, 1.165) is 6.61 Å². The second-order valence-electron chi connectivity index (χ2n) is 4.26. The number of hydrogen-bond acceptors (Lipinski definition) is 2. The van der Waals surface area contributed by atoms with Gasteiger partial charge in [-0.3, -0.25) is 0 Å². The third-order valence-corrected chi connectivity index (χ3v) is 3.20. The molecule has 0 aromatic rings. The highest BCUT2D eigenvalue weighted by molar-refractivity contribution is 4.98. The molecule has 0 aliphatic carbocycles. The molecule has 1 rings (SSSR count). The fourth-order valence-corrected chi connectivity index (χ4v) is 1.12. The molecule has 66 valence electrons. The van der Waals surface area contributed by atoms with Gasteiger partial charge in [0.25, 0.3) is 0 Å². The number of ether oxygens (including phenoxy) is 2. The van der Waals surface area contributed by atoms with Gasteiger partial charge in [0.2, 0.25) is 0 Å². The highest BCUT2D eigenvalue weighted by Crippen LogP contribution is 2.42. The molecule has 1 aliphatic heterocycles. The minimum atomic E-state index is -0.103. The van der Waals surface area contributed by atoms with E-state index in [0.29, 0.717) is 6.10 Å². The van der Waals surface area contributed by atoms with Gasteiger partial charge in [-0.05, 0) is 13.8 Å². The first-order valence-electron chi connectivity index (χ1n) is 4.08. The summed E-state index contributed by atoms with van der Waals surface area (Å²) in [6.45, 7) is 9.48. The van der Waals surface area contributed by atoms with Gasteiger partial charge in [-0.1, -0.05) is 13.8 Å². The lowest BCUT2D eigenvalue weighted by Crippen LogP contribution is -2.44. The molecule has 1 atom stereocenters. The van der Waals surface area contributed by atoms with Crippen molar-refractivity contribution in [2.75, 3.05) is 13.7 Å². The first-order chi connectivity index (χ1) is 4.92. The summed E-state index contributed by atoms with van der Waals surface area (Å²) in [7, 11) is 1.75. The van der Waals surface area contributed by atoms with Crippen LogP contribution in [0.1, 0.15) is 27.7 Å². The molecule has 11 heavy (non-hydrogen) atoms. The highest BCUT2D eigenvalue weighted by Gasteiger charge is 2.49. The summed E-state index contributed by atoms with van der Waals surface area (Å²) in [6, 6.07) is 0. The molecule has 2 nitrogen and oxygen atoms in total. The Kier molecular flexibility index (Phi) is 2.01. The van der Waals surface area contributed by atoms with Crippen LogP contribution in [-0.2, 0) is 9.47 Å². The normalized spacial score (nSPS) is 25.4. The summed E-state index contributed by atoms with van der Waals surface area (Å²) in [4.78, 5) is 0. The zero-order chi connectivity index (χ0) is 8.70. The summed E-state index contributed by atoms with van der Waals surface area (Å²) in [6.07, 6.45) is 0.387. The van der Waals surface area contributed by atoms with Gasteiger partial charge in [-0.2, -0.15) is 0 Å². The van der Waals surface area contributed by atoms with Crippen molar-refractivity contribution in [3.05, 3.63) is 0 Å². The Morgan fingerprint density at radius 2 is 1.73 bits per heavy atom. The summed E-state index contributed by atoms with van der Waals surface area (Å²) in [5, 5.41) is 0. The lowest BCUT2D eigenvalue weighted by atomic mass is 9.74. The fourth-order valence-electron chi connectivity index (χ4n) is 1.12. The van der Waals surface area contributed by atoms with E-state index in [1.807, 2.05) is 0 Å². The van der Waals surface area contributed by atoms with Crippen LogP contribution in [0.4, 0.5) is 0 Å². The van der Waals surface area contributed by atoms with Crippen LogP contribution in [-0.4, -0.2) is 25.4 Å². The first kappa shape index (κ1) is 9.01. The quantitative estimate of drug-likeness (QED) is 0.584. The number of methoxy groups -OCH3 is 1. The minimum absolute atomic E-state index is 0.103. The van der Waals surface area contributed by atoms with Crippen molar-refractivity contribution < 1.29 is 9.47 Å². The molecule has 1 fully saturated rings. The Balaban J connectivity index is 2.68. The lowest BCUT2D eigenvalue weighted by molar-refractivity contribution is -0.0816. The van der Waals surface area contributed by atoms with Crippen LogP contribution >= 0.6 is 0 Å². The topological polar surface area (TPSA) is 21.8 Å². The van der Waals surface area contributed by atoms with Crippen LogP contribution in [0.25, 0.3) is 0 Å². The van der Waals surface area contributed by atoms with Crippen LogP contribution in [0.5, 0.6) is 0 Å². The average molecular weight is 158 g/mol. The average Bonchev–Trinajstić information content (AvgIpc) is 2.68. The Morgan fingerprint density at radius 3 is 2.00 bits per heavy atom. The molecule has 0 aromatic carbocycles. The molecular weight excluding hydrogens is 140 g/mol. The monoisotopic (exact) mass is 158 g/mol. The van der Waals surface area contributed by atoms with Crippen LogP contribution in [0, 0.1) is 5.41 Å². The van der Waals surface area contributed by atoms with Crippen LogP contribution in [0.3, 0.4) is 0 Å². The Bertz CT molecular complexity index is 146. The summed E-state index contributed by atoms with van der Waals surface area (Å²) in [5.41, 5.74) is 0.00984. The van der Waals surface area contributed by atoms with Crippen molar-refractivity contribution in [2.45, 2.75) is 39.4 Å². The predicted molar refractivity (Wildman–Crippen MR) is 44.6 cm³/mol. The molecule has 0 radical (unpaired) electrons. The number of hydrogen-bond donors (Lipinski definition) is 0. The van der Waals surface area contributed by atoms with Crippen molar-refractivity contribution in [1.29, 1.82) is 0 Å². The van der Waals surface area contributed by atoms with Crippen molar-refractivity contribution in [1.82, 2.24) is 0 Å². The zero-order valence-corrected chi connectivity index (χ0v) is 8.10. The molecule has 0 bridgehead atoms. The fraction of sp³-hybridized carbons (Fsp3) is 1.00. The molecule has 0 N–H and O–H groups in total. The lowest BCUT2D eigenvalue weighted by Gasteiger charge is -2.39. The van der Waals surface area contributed by atoms with Gasteiger partial charge >= 0.3 is 0 Å². The van der Waals surface area contributed by atoms with E-state index in [9.17, 15) is 0 Å². The van der Waals surface area contributed by atoms with Gasteiger partial charge in [-0.25, -0.2) is 0 Å². The maximum atomic E-state index is 5.42. The predicted octanol–water partition coefficient (Wildman–Crippen LogP) is 1.84. The van der Waals surface area contributed by atoms with E-state index in [1.165, 1.54) is 0 Å². The van der Waals surface area contributed by atoms with E-state index in [1.54, 1.807) is 7.11 Å². The Morgan fingerprint density at radius 1 is 1.27 bits per heavy atom. The molecule has 2 heteroatoms. The molecule has 1 unspecified atom stereocenters. The third kappa shape index (κ3) is 1.42. The number of rotatable bonds is 3. The highest BCUT2D eigenvalue weighted by atomic mass is 16.6. The Labute approximate surface area is 68.9 Å². The minimum Gasteiger partial charge on any atom is -0.378 e. The van der Waals surface area contributed by atoms with Gasteiger partial charge < -0.3 is 9.47 Å². The van der Waals surface area contributed by atoms with Crippen LogP contribution in [0.15, 0.2) is 0 Å². The molecule has 0 spiro atoms. The van der Waals surface area contributed by atoms with E-state index >= 15 is 0 Å². The van der Waals surface area contributed by atoms with Gasteiger partial charge in [0, 0.05) is 12.5 Å². The standard InChI is InChI=1S/C9H18O2/c1-8(2,7-6-11-7)9(3,4)10-5/h7H,6H2,1-5H3. The number of epoxide rings is 1. The third-order valence-electron chi connectivity index (χ3n) is 3.20. The SMILES string of the molecule is COC(C)(C)C(C)(C)C1CO1. The van der Waals surface area contributed by atoms with Crippen molar-refractivity contribution in [3.63, 3.8) is 0 Å². The van der Waals surface area contributed by atoms with E-state index in [2.05, 4.69) is 27.7 Å². The van der Waals surface area contributed by atoms with Crippen molar-refractivity contribution in [2.24, 2.45) is 5.41 Å². The van der Waals surface area contributed by atoms with Gasteiger partial charge in [0.05, 0.1) is 18.3 Å². The van der Waals surface area contributed by atoms with E-state index in [-0.39, 0.29) is 11.0 Å². The molecule has 0 amide bonds. The largest absolute Gasteiger partial charge is 0.378 e. The van der Waals surface area contributed by atoms with Gasteiger partial charge in [0.15, 0.2) is 0 Å². The van der Waals surface area contributed by atoms with E-state index in [4.69, 9.17) is 9.47 Å². The molecular formula is C9H18O2. The summed E-state index contributed by atoms with van der Waals surface area (Å²) >= 11 is 0. The second kappa shape index (κ2) is 2.46. The van der Waals surface area contributed by atoms with E-state index < -0.39 is 0 Å². The van der Waals surface area contributed by atoms with Gasteiger partial charge in [0.1, 0.15) is 0 Å². The molecule has 0 aromatic heterocycles. The van der Waals surface area contributed by atoms with Gasteiger partial charge in [-0.15, -0.1) is 0 Å². The maximum Gasteiger partial charge on any atom is 0.0888 e. The Hall–Kier alpha value is -0.0800. The van der Waals surface area contributed by atoms with Crippen molar-refractivity contribution >= 4 is 0 Å². The summed E-state index contributed by atoms with van der Waals surface area (Å²) < 4.78 is 10.7. The van der Waals surface area contributed by atoms with Crippen molar-refractivity contribution in [3.8, 4) is 0 Å². The first-order valence-corrected chi connectivity index (χ1v) is 4.08. The zero-order valence-electron chi connectivity index (χ0n) is 8.10. The molecule has 1 heterocycles. The van der Waals surface area contributed by atoms with Crippen LogP contribution < -0.4 is 0 Å². The molecule has 0 saturated carbocycles. The molecule has 1 saturated heterocycles. The van der Waals surface area contributed by atoms with Crippen LogP contribution in [0.2, 0.25) is 0 Å². The summed E-state index contributed by atoms with van der Waals surface area (Å²) in [5.74, 6) is 0.